The fourth-order valence-corrected chi connectivity index (χ4v) is 1.82. The molecule has 0 aliphatic rings. The second-order valence-electron chi connectivity index (χ2n) is 3.73. The van der Waals surface area contributed by atoms with Crippen molar-refractivity contribution in [2.75, 3.05) is 5.32 Å². The summed E-state index contributed by atoms with van der Waals surface area (Å²) in [4.78, 5) is 0. The SMILES string of the molecule is CC(Nc1ccc(F)c(F)c1F)c1ccc(Br)o1. The van der Waals surface area contributed by atoms with Crippen LogP contribution >= 0.6 is 15.9 Å². The van der Waals surface area contributed by atoms with Crippen molar-refractivity contribution in [2.45, 2.75) is 13.0 Å². The van der Waals surface area contributed by atoms with Gasteiger partial charge in [-0.05, 0) is 47.1 Å². The second kappa shape index (κ2) is 5.06. The molecule has 0 saturated carbocycles. The minimum absolute atomic E-state index is 0.117. The summed E-state index contributed by atoms with van der Waals surface area (Å²) in [5.41, 5.74) is -0.117. The number of hydrogen-bond acceptors (Lipinski definition) is 2. The lowest BCUT2D eigenvalue weighted by atomic mass is 10.2. The summed E-state index contributed by atoms with van der Waals surface area (Å²) in [5, 5.41) is 2.71. The first-order valence-electron chi connectivity index (χ1n) is 5.14. The monoisotopic (exact) mass is 319 g/mol. The molecule has 0 aliphatic heterocycles. The van der Waals surface area contributed by atoms with Crippen molar-refractivity contribution in [1.82, 2.24) is 0 Å². The van der Waals surface area contributed by atoms with E-state index in [4.69, 9.17) is 4.42 Å². The van der Waals surface area contributed by atoms with Gasteiger partial charge in [-0.2, -0.15) is 0 Å². The van der Waals surface area contributed by atoms with Gasteiger partial charge in [0, 0.05) is 0 Å². The molecule has 0 fully saturated rings. The molecule has 6 heteroatoms. The first kappa shape index (κ1) is 13.0. The lowest BCUT2D eigenvalue weighted by Crippen LogP contribution is -2.08. The quantitative estimate of drug-likeness (QED) is 0.834. The highest BCUT2D eigenvalue weighted by molar-refractivity contribution is 9.10. The van der Waals surface area contributed by atoms with E-state index >= 15 is 0 Å². The average Bonchev–Trinajstić information content (AvgIpc) is 2.77. The Hall–Kier alpha value is -1.43. The molecule has 2 aromatic rings. The maximum atomic E-state index is 13.4. The van der Waals surface area contributed by atoms with E-state index in [-0.39, 0.29) is 11.7 Å². The molecule has 0 amide bonds. The number of halogens is 4. The van der Waals surface area contributed by atoms with Crippen LogP contribution in [0.4, 0.5) is 18.9 Å². The molecule has 0 radical (unpaired) electrons. The van der Waals surface area contributed by atoms with Crippen LogP contribution in [0.2, 0.25) is 0 Å². The van der Waals surface area contributed by atoms with Crippen molar-refractivity contribution in [3.63, 3.8) is 0 Å². The van der Waals surface area contributed by atoms with E-state index in [0.29, 0.717) is 10.4 Å². The van der Waals surface area contributed by atoms with E-state index in [2.05, 4.69) is 21.2 Å². The van der Waals surface area contributed by atoms with Crippen LogP contribution in [0.15, 0.2) is 33.4 Å². The fraction of sp³-hybridized carbons (Fsp3) is 0.167. The molecule has 1 aromatic carbocycles. The number of anilines is 1. The maximum Gasteiger partial charge on any atom is 0.196 e. The Labute approximate surface area is 110 Å². The van der Waals surface area contributed by atoms with Crippen molar-refractivity contribution in [2.24, 2.45) is 0 Å². The number of hydrogen-bond donors (Lipinski definition) is 1. The van der Waals surface area contributed by atoms with Crippen molar-refractivity contribution in [1.29, 1.82) is 0 Å². The highest BCUT2D eigenvalue weighted by Gasteiger charge is 2.16. The van der Waals surface area contributed by atoms with Gasteiger partial charge in [0.15, 0.2) is 22.1 Å². The van der Waals surface area contributed by atoms with Crippen LogP contribution < -0.4 is 5.32 Å². The molecule has 1 N–H and O–H groups in total. The highest BCUT2D eigenvalue weighted by Crippen LogP contribution is 2.26. The zero-order chi connectivity index (χ0) is 13.3. The van der Waals surface area contributed by atoms with E-state index in [1.807, 2.05) is 0 Å². The molecule has 0 bridgehead atoms. The van der Waals surface area contributed by atoms with Gasteiger partial charge >= 0.3 is 0 Å². The van der Waals surface area contributed by atoms with Crippen molar-refractivity contribution < 1.29 is 17.6 Å². The smallest absolute Gasteiger partial charge is 0.196 e. The molecular formula is C12H9BrF3NO. The normalized spacial score (nSPS) is 12.5. The Bertz CT molecular complexity index is 570. The van der Waals surface area contributed by atoms with Crippen molar-refractivity contribution >= 4 is 21.6 Å². The Balaban J connectivity index is 2.22. The first-order chi connectivity index (χ1) is 8.49. The van der Waals surface area contributed by atoms with Crippen LogP contribution in [0.5, 0.6) is 0 Å². The van der Waals surface area contributed by atoms with Crippen molar-refractivity contribution in [3.05, 3.63) is 52.1 Å². The van der Waals surface area contributed by atoms with Gasteiger partial charge in [0.2, 0.25) is 0 Å². The molecular weight excluding hydrogens is 311 g/mol. The number of furan rings is 1. The zero-order valence-electron chi connectivity index (χ0n) is 9.31. The predicted octanol–water partition coefficient (Wildman–Crippen LogP) is 4.63. The fourth-order valence-electron chi connectivity index (χ4n) is 1.50. The van der Waals surface area contributed by atoms with Crippen LogP contribution in [-0.2, 0) is 0 Å². The van der Waals surface area contributed by atoms with Gasteiger partial charge in [0.05, 0.1) is 11.7 Å². The minimum Gasteiger partial charge on any atom is -0.452 e. The lowest BCUT2D eigenvalue weighted by Gasteiger charge is -2.13. The molecule has 1 heterocycles. The summed E-state index contributed by atoms with van der Waals surface area (Å²) in [7, 11) is 0. The average molecular weight is 320 g/mol. The summed E-state index contributed by atoms with van der Waals surface area (Å²) in [5.74, 6) is -3.40. The highest BCUT2D eigenvalue weighted by atomic mass is 79.9. The Morgan fingerprint density at radius 3 is 2.44 bits per heavy atom. The molecule has 2 nitrogen and oxygen atoms in total. The van der Waals surface area contributed by atoms with Gasteiger partial charge in [-0.15, -0.1) is 0 Å². The van der Waals surface area contributed by atoms with Crippen LogP contribution in [0, 0.1) is 17.5 Å². The Morgan fingerprint density at radius 2 is 1.83 bits per heavy atom. The van der Waals surface area contributed by atoms with Gasteiger partial charge in [-0.1, -0.05) is 0 Å². The van der Waals surface area contributed by atoms with Crippen LogP contribution in [0.1, 0.15) is 18.7 Å². The summed E-state index contributed by atoms with van der Waals surface area (Å²) in [6, 6.07) is 5.01. The van der Waals surface area contributed by atoms with Crippen LogP contribution in [0.25, 0.3) is 0 Å². The van der Waals surface area contributed by atoms with Gasteiger partial charge in [-0.25, -0.2) is 13.2 Å². The molecule has 1 aromatic heterocycles. The van der Waals surface area contributed by atoms with E-state index < -0.39 is 17.5 Å². The third-order valence-corrected chi connectivity index (χ3v) is 2.85. The zero-order valence-corrected chi connectivity index (χ0v) is 10.9. The summed E-state index contributed by atoms with van der Waals surface area (Å²) >= 11 is 3.14. The molecule has 1 atom stereocenters. The minimum atomic E-state index is -1.49. The van der Waals surface area contributed by atoms with E-state index in [1.54, 1.807) is 19.1 Å². The van der Waals surface area contributed by atoms with E-state index in [0.717, 1.165) is 12.1 Å². The third-order valence-electron chi connectivity index (χ3n) is 2.43. The van der Waals surface area contributed by atoms with Crippen LogP contribution in [0.3, 0.4) is 0 Å². The third kappa shape index (κ3) is 2.53. The number of nitrogens with one attached hydrogen (secondary N) is 1. The van der Waals surface area contributed by atoms with E-state index in [9.17, 15) is 13.2 Å². The topological polar surface area (TPSA) is 25.2 Å². The van der Waals surface area contributed by atoms with E-state index in [1.165, 1.54) is 0 Å². The molecule has 1 unspecified atom stereocenters. The van der Waals surface area contributed by atoms with Crippen LogP contribution in [-0.4, -0.2) is 0 Å². The predicted molar refractivity (Wildman–Crippen MR) is 64.8 cm³/mol. The first-order valence-corrected chi connectivity index (χ1v) is 5.93. The van der Waals surface area contributed by atoms with Gasteiger partial charge in [0.1, 0.15) is 5.76 Å². The lowest BCUT2D eigenvalue weighted by molar-refractivity contribution is 0.445. The summed E-state index contributed by atoms with van der Waals surface area (Å²) in [6.45, 7) is 1.71. The summed E-state index contributed by atoms with van der Waals surface area (Å²) in [6.07, 6.45) is 0. The second-order valence-corrected chi connectivity index (χ2v) is 4.51. The van der Waals surface area contributed by atoms with Gasteiger partial charge in [0.25, 0.3) is 0 Å². The molecule has 0 spiro atoms. The molecule has 2 rings (SSSR count). The molecule has 0 saturated heterocycles. The largest absolute Gasteiger partial charge is 0.452 e. The maximum absolute atomic E-state index is 13.4. The van der Waals surface area contributed by atoms with Gasteiger partial charge in [-0.3, -0.25) is 0 Å². The van der Waals surface area contributed by atoms with Crippen molar-refractivity contribution in [3.8, 4) is 0 Å². The van der Waals surface area contributed by atoms with Gasteiger partial charge < -0.3 is 9.73 Å². The Morgan fingerprint density at radius 1 is 1.11 bits per heavy atom. The number of benzene rings is 1. The Kier molecular flexibility index (Phi) is 3.65. The number of rotatable bonds is 3. The molecule has 0 aliphatic carbocycles. The standard InChI is InChI=1S/C12H9BrF3NO/c1-6(9-4-5-10(13)18-9)17-8-3-2-7(14)11(15)12(8)16/h2-6,17H,1H3. The molecule has 18 heavy (non-hydrogen) atoms. The summed E-state index contributed by atoms with van der Waals surface area (Å²) < 4.78 is 45.0. The molecule has 96 valence electrons.